The van der Waals surface area contributed by atoms with Gasteiger partial charge in [0.25, 0.3) is 0 Å². The Morgan fingerprint density at radius 3 is 2.86 bits per heavy atom. The highest BCUT2D eigenvalue weighted by molar-refractivity contribution is 5.82. The third-order valence-corrected chi connectivity index (χ3v) is 1.67. The summed E-state index contributed by atoms with van der Waals surface area (Å²) in [5.74, 6) is 0.388. The molecule has 0 aliphatic heterocycles. The molecule has 0 aliphatic carbocycles. The van der Waals surface area contributed by atoms with E-state index in [1.807, 2.05) is 0 Å². The van der Waals surface area contributed by atoms with Gasteiger partial charge in [-0.15, -0.1) is 0 Å². The molecule has 0 fully saturated rings. The van der Waals surface area contributed by atoms with E-state index >= 15 is 0 Å². The van der Waals surface area contributed by atoms with E-state index in [1.165, 1.54) is 6.33 Å². The van der Waals surface area contributed by atoms with Crippen LogP contribution in [0.5, 0.6) is 0 Å². The van der Waals surface area contributed by atoms with Crippen LogP contribution in [0.2, 0.25) is 0 Å². The SMILES string of the molecule is CNNn1cnc2c(N)nc(N)nc21. The third kappa shape index (κ3) is 1.17. The third-order valence-electron chi connectivity index (χ3n) is 1.67. The second kappa shape index (κ2) is 3.00. The molecule has 0 aliphatic rings. The fourth-order valence-corrected chi connectivity index (χ4v) is 1.14. The number of nitrogens with one attached hydrogen (secondary N) is 2. The molecule has 0 radical (unpaired) electrons. The van der Waals surface area contributed by atoms with Crippen molar-refractivity contribution >= 4 is 22.9 Å². The lowest BCUT2D eigenvalue weighted by molar-refractivity contribution is 0.770. The summed E-state index contributed by atoms with van der Waals surface area (Å²) >= 11 is 0. The molecule has 2 aromatic rings. The van der Waals surface area contributed by atoms with Gasteiger partial charge in [-0.3, -0.25) is 5.53 Å². The molecular formula is C6H10N8. The van der Waals surface area contributed by atoms with Crippen LogP contribution in [0.25, 0.3) is 11.2 Å². The van der Waals surface area contributed by atoms with E-state index in [1.54, 1.807) is 11.7 Å². The van der Waals surface area contributed by atoms with Gasteiger partial charge in [-0.2, -0.15) is 9.97 Å². The lowest BCUT2D eigenvalue weighted by Gasteiger charge is -2.04. The van der Waals surface area contributed by atoms with E-state index in [0.717, 1.165) is 0 Å². The Morgan fingerprint density at radius 1 is 1.36 bits per heavy atom. The zero-order chi connectivity index (χ0) is 10.1. The first-order chi connectivity index (χ1) is 6.72. The van der Waals surface area contributed by atoms with Crippen LogP contribution in [0, 0.1) is 0 Å². The molecule has 0 spiro atoms. The van der Waals surface area contributed by atoms with Crippen molar-refractivity contribution in [3.63, 3.8) is 0 Å². The summed E-state index contributed by atoms with van der Waals surface area (Å²) in [6.07, 6.45) is 1.53. The van der Waals surface area contributed by atoms with E-state index in [2.05, 4.69) is 25.9 Å². The first kappa shape index (κ1) is 8.51. The Labute approximate surface area is 79.3 Å². The first-order valence-electron chi connectivity index (χ1n) is 3.91. The molecular weight excluding hydrogens is 184 g/mol. The topological polar surface area (TPSA) is 120 Å². The summed E-state index contributed by atoms with van der Waals surface area (Å²) in [6.45, 7) is 0. The highest BCUT2D eigenvalue weighted by atomic mass is 15.6. The number of aromatic nitrogens is 4. The molecule has 14 heavy (non-hydrogen) atoms. The Kier molecular flexibility index (Phi) is 1.82. The summed E-state index contributed by atoms with van der Waals surface area (Å²) in [4.78, 5) is 11.8. The van der Waals surface area contributed by atoms with Crippen LogP contribution < -0.4 is 22.4 Å². The molecule has 0 aromatic carbocycles. The minimum Gasteiger partial charge on any atom is -0.382 e. The van der Waals surface area contributed by atoms with Gasteiger partial charge in [0.2, 0.25) is 5.95 Å². The van der Waals surface area contributed by atoms with Crippen LogP contribution in [0.15, 0.2) is 6.33 Å². The predicted octanol–water partition coefficient (Wildman–Crippen LogP) is -1.33. The Bertz CT molecular complexity index is 460. The number of anilines is 2. The van der Waals surface area contributed by atoms with Crippen molar-refractivity contribution in [2.45, 2.75) is 0 Å². The van der Waals surface area contributed by atoms with Crippen LogP contribution >= 0.6 is 0 Å². The number of rotatable bonds is 2. The molecule has 8 heteroatoms. The number of fused-ring (bicyclic) bond motifs is 1. The quantitative estimate of drug-likeness (QED) is 0.437. The number of imidazole rings is 1. The van der Waals surface area contributed by atoms with Crippen LogP contribution in [-0.2, 0) is 0 Å². The van der Waals surface area contributed by atoms with Gasteiger partial charge in [-0.1, -0.05) is 0 Å². The van der Waals surface area contributed by atoms with E-state index in [9.17, 15) is 0 Å². The van der Waals surface area contributed by atoms with Gasteiger partial charge >= 0.3 is 0 Å². The number of hydrogen-bond donors (Lipinski definition) is 4. The summed E-state index contributed by atoms with van der Waals surface area (Å²) in [7, 11) is 1.72. The number of nitrogens with two attached hydrogens (primary N) is 2. The molecule has 0 saturated carbocycles. The zero-order valence-electron chi connectivity index (χ0n) is 7.52. The van der Waals surface area contributed by atoms with Crippen LogP contribution in [0.3, 0.4) is 0 Å². The summed E-state index contributed by atoms with van der Waals surface area (Å²) in [5, 5.41) is 0. The lowest BCUT2D eigenvalue weighted by atomic mass is 10.5. The molecule has 0 saturated heterocycles. The number of nitrogens with zero attached hydrogens (tertiary/aromatic N) is 4. The Balaban J connectivity index is 2.66. The minimum absolute atomic E-state index is 0.120. The molecule has 2 aromatic heterocycles. The average Bonchev–Trinajstić information content (AvgIpc) is 2.49. The van der Waals surface area contributed by atoms with E-state index in [-0.39, 0.29) is 11.8 Å². The molecule has 2 heterocycles. The highest BCUT2D eigenvalue weighted by Gasteiger charge is 2.08. The maximum atomic E-state index is 5.61. The zero-order valence-corrected chi connectivity index (χ0v) is 7.52. The fraction of sp³-hybridized carbons (Fsp3) is 0.167. The fourth-order valence-electron chi connectivity index (χ4n) is 1.14. The monoisotopic (exact) mass is 194 g/mol. The van der Waals surface area contributed by atoms with Crippen LogP contribution in [-0.4, -0.2) is 26.7 Å². The van der Waals surface area contributed by atoms with E-state index in [0.29, 0.717) is 11.2 Å². The lowest BCUT2D eigenvalue weighted by Crippen LogP contribution is -2.25. The van der Waals surface area contributed by atoms with Crippen molar-refractivity contribution in [3.05, 3.63) is 6.33 Å². The second-order valence-corrected chi connectivity index (χ2v) is 2.62. The largest absolute Gasteiger partial charge is 0.382 e. The summed E-state index contributed by atoms with van der Waals surface area (Å²) in [6, 6.07) is 0. The average molecular weight is 194 g/mol. The molecule has 0 bridgehead atoms. The smallest absolute Gasteiger partial charge is 0.224 e. The van der Waals surface area contributed by atoms with E-state index in [4.69, 9.17) is 11.5 Å². The van der Waals surface area contributed by atoms with Crippen molar-refractivity contribution in [1.29, 1.82) is 0 Å². The van der Waals surface area contributed by atoms with Crippen molar-refractivity contribution in [2.75, 3.05) is 24.0 Å². The molecule has 0 amide bonds. The Hall–Kier alpha value is -2.09. The van der Waals surface area contributed by atoms with Crippen molar-refractivity contribution < 1.29 is 0 Å². The van der Waals surface area contributed by atoms with Crippen LogP contribution in [0.4, 0.5) is 11.8 Å². The van der Waals surface area contributed by atoms with Gasteiger partial charge in [0.05, 0.1) is 0 Å². The first-order valence-corrected chi connectivity index (χ1v) is 3.91. The van der Waals surface area contributed by atoms with Crippen molar-refractivity contribution in [3.8, 4) is 0 Å². The molecule has 0 unspecified atom stereocenters. The summed E-state index contributed by atoms with van der Waals surface area (Å²) in [5.41, 5.74) is 17.6. The normalized spacial score (nSPS) is 10.6. The molecule has 74 valence electrons. The minimum atomic E-state index is 0.120. The van der Waals surface area contributed by atoms with E-state index < -0.39 is 0 Å². The van der Waals surface area contributed by atoms with Crippen molar-refractivity contribution in [1.82, 2.24) is 25.1 Å². The summed E-state index contributed by atoms with van der Waals surface area (Å²) < 4.78 is 1.56. The maximum Gasteiger partial charge on any atom is 0.224 e. The van der Waals surface area contributed by atoms with Crippen LogP contribution in [0.1, 0.15) is 0 Å². The van der Waals surface area contributed by atoms with Gasteiger partial charge in [0, 0.05) is 7.05 Å². The second-order valence-electron chi connectivity index (χ2n) is 2.62. The van der Waals surface area contributed by atoms with Gasteiger partial charge in [0.15, 0.2) is 17.0 Å². The van der Waals surface area contributed by atoms with Gasteiger partial charge in [0.1, 0.15) is 6.33 Å². The standard InChI is InChI=1S/C6H10N8/c1-9-13-14-2-10-3-4(7)11-6(8)12-5(3)14/h2,9,13H,1H3,(H4,7,8,11,12). The predicted molar refractivity (Wildman–Crippen MR) is 52.6 cm³/mol. The van der Waals surface area contributed by atoms with Gasteiger partial charge in [-0.05, 0) is 0 Å². The highest BCUT2D eigenvalue weighted by Crippen LogP contribution is 2.15. The molecule has 0 atom stereocenters. The maximum absolute atomic E-state index is 5.61. The molecule has 8 nitrogen and oxygen atoms in total. The number of hydrazine groups is 1. The van der Waals surface area contributed by atoms with Crippen molar-refractivity contribution in [2.24, 2.45) is 0 Å². The number of nitrogen functional groups attached to an aromatic ring is 2. The molecule has 2 rings (SSSR count). The Morgan fingerprint density at radius 2 is 2.14 bits per heavy atom. The van der Waals surface area contributed by atoms with Gasteiger partial charge < -0.3 is 11.5 Å². The number of hydrogen-bond acceptors (Lipinski definition) is 7. The van der Waals surface area contributed by atoms with Gasteiger partial charge in [-0.25, -0.2) is 15.1 Å². The molecule has 6 N–H and O–H groups in total.